The monoisotopic (exact) mass is 249 g/mol. The van der Waals surface area contributed by atoms with Gasteiger partial charge in [0.25, 0.3) is 5.56 Å². The molecule has 0 radical (unpaired) electrons. The van der Waals surface area contributed by atoms with E-state index in [1.807, 2.05) is 0 Å². The summed E-state index contributed by atoms with van der Waals surface area (Å²) in [5.74, 6) is 0. The predicted molar refractivity (Wildman–Crippen MR) is 63.8 cm³/mol. The molecule has 0 aliphatic heterocycles. The van der Waals surface area contributed by atoms with Crippen LogP contribution in [0.3, 0.4) is 0 Å². The molecule has 0 saturated heterocycles. The third-order valence-electron chi connectivity index (χ3n) is 1.95. The van der Waals surface area contributed by atoms with Crippen LogP contribution in [0.1, 0.15) is 5.56 Å². The molecule has 0 spiro atoms. The summed E-state index contributed by atoms with van der Waals surface area (Å²) >= 11 is 1.21. The van der Waals surface area contributed by atoms with Gasteiger partial charge < -0.3 is 10.7 Å². The van der Waals surface area contributed by atoms with Crippen molar-refractivity contribution in [3.63, 3.8) is 0 Å². The van der Waals surface area contributed by atoms with Gasteiger partial charge in [-0.1, -0.05) is 0 Å². The van der Waals surface area contributed by atoms with Crippen molar-refractivity contribution >= 4 is 11.8 Å². The smallest absolute Gasteiger partial charge is 0.251 e. The second-order valence-corrected chi connectivity index (χ2v) is 4.21. The molecule has 2 heterocycles. The molecule has 6 nitrogen and oxygen atoms in total. The van der Waals surface area contributed by atoms with E-state index >= 15 is 0 Å². The van der Waals surface area contributed by atoms with Crippen LogP contribution >= 0.6 is 11.8 Å². The van der Waals surface area contributed by atoms with Gasteiger partial charge >= 0.3 is 0 Å². The fraction of sp³-hybridized carbons (Fsp3) is 0.200. The molecule has 0 aromatic carbocycles. The highest BCUT2D eigenvalue weighted by Crippen LogP contribution is 2.18. The molecule has 3 N–H and O–H groups in total. The largest absolute Gasteiger partial charge is 0.330 e. The lowest BCUT2D eigenvalue weighted by atomic mass is 10.2. The number of hydrogen-bond donors (Lipinski definition) is 2. The Morgan fingerprint density at radius 1 is 1.29 bits per heavy atom. The summed E-state index contributed by atoms with van der Waals surface area (Å²) in [4.78, 5) is 26.0. The minimum atomic E-state index is -0.192. The van der Waals surface area contributed by atoms with Crippen molar-refractivity contribution < 1.29 is 0 Å². The fourth-order valence-corrected chi connectivity index (χ4v) is 1.83. The zero-order valence-electron chi connectivity index (χ0n) is 8.96. The van der Waals surface area contributed by atoms with Crippen LogP contribution in [0.2, 0.25) is 0 Å². The first-order chi connectivity index (χ1) is 8.28. The average molecular weight is 249 g/mol. The normalized spacial score (nSPS) is 10.4. The Morgan fingerprint density at radius 2 is 2.06 bits per heavy atom. The van der Waals surface area contributed by atoms with Gasteiger partial charge in [0.2, 0.25) is 0 Å². The summed E-state index contributed by atoms with van der Waals surface area (Å²) in [5, 5.41) is 1.02. The third-order valence-corrected chi connectivity index (χ3v) is 2.74. The topological polar surface area (TPSA) is 97.5 Å². The van der Waals surface area contributed by atoms with Crippen molar-refractivity contribution in [2.75, 3.05) is 6.54 Å². The number of aromatic nitrogens is 4. The highest BCUT2D eigenvalue weighted by Gasteiger charge is 2.02. The zero-order valence-corrected chi connectivity index (χ0v) is 9.78. The second-order valence-electron chi connectivity index (χ2n) is 3.25. The Balaban J connectivity index is 2.11. The summed E-state index contributed by atoms with van der Waals surface area (Å²) in [5.41, 5.74) is 6.23. The third kappa shape index (κ3) is 3.36. The fourth-order valence-electron chi connectivity index (χ4n) is 1.18. The van der Waals surface area contributed by atoms with Crippen molar-refractivity contribution in [3.05, 3.63) is 40.6 Å². The molecule has 17 heavy (non-hydrogen) atoms. The highest BCUT2D eigenvalue weighted by atomic mass is 32.2. The Kier molecular flexibility index (Phi) is 3.84. The van der Waals surface area contributed by atoms with Crippen LogP contribution in [0.4, 0.5) is 0 Å². The quantitative estimate of drug-likeness (QED) is 0.752. The minimum absolute atomic E-state index is 0.192. The number of H-pyrrole nitrogens is 1. The molecule has 0 bridgehead atoms. The van der Waals surface area contributed by atoms with Gasteiger partial charge in [-0.3, -0.25) is 4.79 Å². The van der Waals surface area contributed by atoms with E-state index in [1.165, 1.54) is 24.0 Å². The van der Waals surface area contributed by atoms with Crippen LogP contribution in [0.5, 0.6) is 0 Å². The summed E-state index contributed by atoms with van der Waals surface area (Å²) < 4.78 is 0. The van der Waals surface area contributed by atoms with Gasteiger partial charge in [-0.15, -0.1) is 0 Å². The van der Waals surface area contributed by atoms with Gasteiger partial charge in [-0.05, 0) is 30.3 Å². The van der Waals surface area contributed by atoms with E-state index in [-0.39, 0.29) is 5.56 Å². The van der Waals surface area contributed by atoms with Crippen molar-refractivity contribution in [1.29, 1.82) is 0 Å². The minimum Gasteiger partial charge on any atom is -0.330 e. The molecular weight excluding hydrogens is 238 g/mol. The molecule has 0 aliphatic rings. The predicted octanol–water partition coefficient (Wildman–Crippen LogP) is 0.212. The summed E-state index contributed by atoms with van der Waals surface area (Å²) in [6.07, 6.45) is 5.65. The number of nitrogens with two attached hydrogens (primary N) is 1. The zero-order chi connectivity index (χ0) is 12.1. The summed E-state index contributed by atoms with van der Waals surface area (Å²) in [7, 11) is 0. The van der Waals surface area contributed by atoms with Crippen LogP contribution in [0, 0.1) is 0 Å². The Labute approximate surface area is 102 Å². The number of rotatable bonds is 4. The van der Waals surface area contributed by atoms with Gasteiger partial charge in [0.15, 0.2) is 10.3 Å². The maximum atomic E-state index is 11.1. The van der Waals surface area contributed by atoms with Crippen LogP contribution < -0.4 is 11.3 Å². The molecule has 2 aromatic rings. The highest BCUT2D eigenvalue weighted by molar-refractivity contribution is 7.99. The molecule has 2 rings (SSSR count). The van der Waals surface area contributed by atoms with Crippen LogP contribution in [-0.4, -0.2) is 26.5 Å². The van der Waals surface area contributed by atoms with E-state index in [0.29, 0.717) is 16.9 Å². The molecule has 7 heteroatoms. The Morgan fingerprint density at radius 3 is 2.71 bits per heavy atom. The first-order valence-corrected chi connectivity index (χ1v) is 5.84. The van der Waals surface area contributed by atoms with Crippen molar-refractivity contribution in [2.24, 2.45) is 5.73 Å². The molecular formula is C10H11N5OS. The molecule has 0 amide bonds. The van der Waals surface area contributed by atoms with Gasteiger partial charge in [-0.25, -0.2) is 15.0 Å². The van der Waals surface area contributed by atoms with Crippen molar-refractivity contribution in [3.8, 4) is 0 Å². The first-order valence-electron chi connectivity index (χ1n) is 5.02. The molecule has 0 saturated carbocycles. The summed E-state index contributed by atoms with van der Waals surface area (Å²) in [6.45, 7) is 0.573. The van der Waals surface area contributed by atoms with E-state index in [9.17, 15) is 4.79 Å². The van der Waals surface area contributed by atoms with E-state index in [4.69, 9.17) is 5.73 Å². The maximum Gasteiger partial charge on any atom is 0.251 e. The lowest BCUT2D eigenvalue weighted by Crippen LogP contribution is -2.06. The summed E-state index contributed by atoms with van der Waals surface area (Å²) in [6, 6.07) is 1.36. The van der Waals surface area contributed by atoms with Gasteiger partial charge in [0.1, 0.15) is 0 Å². The molecule has 0 atom stereocenters. The number of nitrogens with one attached hydrogen (secondary N) is 1. The maximum absolute atomic E-state index is 11.1. The number of hydrogen-bond acceptors (Lipinski definition) is 6. The van der Waals surface area contributed by atoms with Gasteiger partial charge in [0.05, 0.1) is 0 Å². The lowest BCUT2D eigenvalue weighted by Gasteiger charge is -2.00. The average Bonchev–Trinajstić information content (AvgIpc) is 2.32. The number of aromatic amines is 1. The first kappa shape index (κ1) is 11.7. The Bertz CT molecular complexity index is 539. The van der Waals surface area contributed by atoms with Crippen LogP contribution in [-0.2, 0) is 6.42 Å². The SMILES string of the molecule is NCCc1cnc(Sc2nccc(=O)[nH]2)nc1. The molecule has 88 valence electrons. The van der Waals surface area contributed by atoms with E-state index in [0.717, 1.165) is 12.0 Å². The standard InChI is InChI=1S/C10H11N5OS/c11-3-1-7-5-13-9(14-6-7)17-10-12-4-2-8(16)15-10/h2,4-6H,1,3,11H2,(H,12,15,16). The van der Waals surface area contributed by atoms with Gasteiger partial charge in [-0.2, -0.15) is 0 Å². The van der Waals surface area contributed by atoms with E-state index in [1.54, 1.807) is 12.4 Å². The second kappa shape index (κ2) is 5.55. The van der Waals surface area contributed by atoms with Gasteiger partial charge in [0, 0.05) is 24.7 Å². The van der Waals surface area contributed by atoms with Crippen LogP contribution in [0.25, 0.3) is 0 Å². The lowest BCUT2D eigenvalue weighted by molar-refractivity contribution is 0.877. The Hall–Kier alpha value is -1.73. The van der Waals surface area contributed by atoms with Crippen LogP contribution in [0.15, 0.2) is 39.8 Å². The molecule has 2 aromatic heterocycles. The van der Waals surface area contributed by atoms with E-state index in [2.05, 4.69) is 19.9 Å². The molecule has 0 aliphatic carbocycles. The van der Waals surface area contributed by atoms with E-state index < -0.39 is 0 Å². The molecule has 0 fully saturated rings. The van der Waals surface area contributed by atoms with Crippen molar-refractivity contribution in [1.82, 2.24) is 19.9 Å². The van der Waals surface area contributed by atoms with Crippen molar-refractivity contribution in [2.45, 2.75) is 16.7 Å². The number of nitrogens with zero attached hydrogens (tertiary/aromatic N) is 3. The molecule has 0 unspecified atom stereocenters.